The van der Waals surface area contributed by atoms with Crippen LogP contribution in [0, 0.1) is 11.3 Å². The maximum Gasteiger partial charge on any atom is 0.157 e. The van der Waals surface area contributed by atoms with Crippen LogP contribution in [0.4, 0.5) is 0 Å². The fourth-order valence-electron chi connectivity index (χ4n) is 2.05. The van der Waals surface area contributed by atoms with Gasteiger partial charge in [-0.05, 0) is 30.6 Å². The maximum atomic E-state index is 4.59. The van der Waals surface area contributed by atoms with Gasteiger partial charge in [-0.25, -0.2) is 0 Å². The summed E-state index contributed by atoms with van der Waals surface area (Å²) in [6.07, 6.45) is 4.19. The van der Waals surface area contributed by atoms with E-state index in [1.807, 2.05) is 11.8 Å². The number of hydrogen-bond acceptors (Lipinski definition) is 3. The van der Waals surface area contributed by atoms with Crippen molar-refractivity contribution < 1.29 is 0 Å². The molecule has 2 aliphatic carbocycles. The Kier molecular flexibility index (Phi) is 1.88. The molecule has 0 spiro atoms. The quantitative estimate of drug-likeness (QED) is 0.756. The molecule has 0 aromatic carbocycles. The van der Waals surface area contributed by atoms with Crippen LogP contribution in [0.5, 0.6) is 0 Å². The molecule has 0 aromatic rings. The predicted molar refractivity (Wildman–Crippen MR) is 61.7 cm³/mol. The van der Waals surface area contributed by atoms with E-state index in [1.54, 1.807) is 0 Å². The molecule has 3 heteroatoms. The lowest BCUT2D eigenvalue weighted by Gasteiger charge is -2.08. The standard InChI is InChI=1S/C11H18N2S/c1-11(2)5-9(11)13-10-12-6-8(14-10)7-3-4-7/h7-9H,3-6H2,1-2H3,(H,12,13). The molecular weight excluding hydrogens is 192 g/mol. The van der Waals surface area contributed by atoms with E-state index in [0.717, 1.165) is 17.7 Å². The molecule has 1 N–H and O–H groups in total. The summed E-state index contributed by atoms with van der Waals surface area (Å²) in [5.74, 6) is 0.982. The van der Waals surface area contributed by atoms with Gasteiger partial charge in [-0.15, -0.1) is 0 Å². The second-order valence-electron chi connectivity index (χ2n) is 5.53. The Morgan fingerprint density at radius 1 is 1.43 bits per heavy atom. The number of thioether (sulfide) groups is 1. The third-order valence-electron chi connectivity index (χ3n) is 3.64. The highest BCUT2D eigenvalue weighted by atomic mass is 32.2. The van der Waals surface area contributed by atoms with Crippen molar-refractivity contribution in [3.05, 3.63) is 0 Å². The normalized spacial score (nSPS) is 39.4. The van der Waals surface area contributed by atoms with Crippen molar-refractivity contribution in [1.29, 1.82) is 0 Å². The lowest BCUT2D eigenvalue weighted by Crippen LogP contribution is -2.25. The number of amidine groups is 1. The molecule has 3 rings (SSSR count). The van der Waals surface area contributed by atoms with Gasteiger partial charge in [-0.2, -0.15) is 0 Å². The molecular formula is C11H18N2S. The van der Waals surface area contributed by atoms with Gasteiger partial charge in [0.2, 0.25) is 0 Å². The predicted octanol–water partition coefficient (Wildman–Crippen LogP) is 2.26. The monoisotopic (exact) mass is 210 g/mol. The summed E-state index contributed by atoms with van der Waals surface area (Å²) in [5, 5.41) is 5.59. The van der Waals surface area contributed by atoms with Crippen molar-refractivity contribution in [1.82, 2.24) is 5.32 Å². The van der Waals surface area contributed by atoms with Crippen LogP contribution in [0.2, 0.25) is 0 Å². The minimum atomic E-state index is 0.515. The Balaban J connectivity index is 1.50. The highest BCUT2D eigenvalue weighted by molar-refractivity contribution is 8.14. The van der Waals surface area contributed by atoms with Gasteiger partial charge in [0.05, 0.1) is 6.54 Å². The van der Waals surface area contributed by atoms with Gasteiger partial charge in [-0.3, -0.25) is 4.99 Å². The first kappa shape index (κ1) is 9.08. The van der Waals surface area contributed by atoms with Crippen LogP contribution >= 0.6 is 11.8 Å². The highest BCUT2D eigenvalue weighted by Crippen LogP contribution is 2.46. The molecule has 0 aromatic heterocycles. The highest BCUT2D eigenvalue weighted by Gasteiger charge is 2.47. The van der Waals surface area contributed by atoms with Gasteiger partial charge in [0.25, 0.3) is 0 Å². The summed E-state index contributed by atoms with van der Waals surface area (Å²) in [5.41, 5.74) is 0.515. The first-order valence-corrected chi connectivity index (χ1v) is 6.51. The summed E-state index contributed by atoms with van der Waals surface area (Å²) in [6, 6.07) is 0.687. The molecule has 14 heavy (non-hydrogen) atoms. The van der Waals surface area contributed by atoms with Crippen LogP contribution in [0.15, 0.2) is 4.99 Å². The van der Waals surface area contributed by atoms with Gasteiger partial charge in [-0.1, -0.05) is 25.6 Å². The van der Waals surface area contributed by atoms with Gasteiger partial charge in [0.15, 0.2) is 5.17 Å². The molecule has 0 radical (unpaired) electrons. The van der Waals surface area contributed by atoms with Crippen molar-refractivity contribution in [2.24, 2.45) is 16.3 Å². The Morgan fingerprint density at radius 3 is 2.71 bits per heavy atom. The molecule has 2 saturated carbocycles. The molecule has 1 aliphatic heterocycles. The van der Waals surface area contributed by atoms with Gasteiger partial charge >= 0.3 is 0 Å². The number of nitrogens with one attached hydrogen (secondary N) is 1. The third kappa shape index (κ3) is 1.67. The van der Waals surface area contributed by atoms with Crippen LogP contribution in [0.25, 0.3) is 0 Å². The van der Waals surface area contributed by atoms with Gasteiger partial charge in [0.1, 0.15) is 0 Å². The van der Waals surface area contributed by atoms with Gasteiger partial charge in [0, 0.05) is 11.3 Å². The zero-order valence-electron chi connectivity index (χ0n) is 8.92. The number of aliphatic imine (C=N–C) groups is 1. The van der Waals surface area contributed by atoms with E-state index in [0.29, 0.717) is 11.5 Å². The molecule has 78 valence electrons. The number of hydrogen-bond donors (Lipinski definition) is 1. The summed E-state index contributed by atoms with van der Waals surface area (Å²) < 4.78 is 0. The average molecular weight is 210 g/mol. The van der Waals surface area contributed by atoms with Crippen LogP contribution < -0.4 is 5.32 Å². The average Bonchev–Trinajstić information content (AvgIpc) is 2.98. The van der Waals surface area contributed by atoms with E-state index in [-0.39, 0.29) is 0 Å². The molecule has 2 unspecified atom stereocenters. The molecule has 2 fully saturated rings. The van der Waals surface area contributed by atoms with Crippen molar-refractivity contribution >= 4 is 16.9 Å². The molecule has 0 bridgehead atoms. The van der Waals surface area contributed by atoms with E-state index >= 15 is 0 Å². The first-order valence-electron chi connectivity index (χ1n) is 5.63. The Hall–Kier alpha value is -0.180. The topological polar surface area (TPSA) is 24.4 Å². The number of rotatable bonds is 2. The van der Waals surface area contributed by atoms with E-state index < -0.39 is 0 Å². The number of nitrogens with zero attached hydrogens (tertiary/aromatic N) is 1. The fraction of sp³-hybridized carbons (Fsp3) is 0.909. The van der Waals surface area contributed by atoms with Crippen molar-refractivity contribution in [3.63, 3.8) is 0 Å². The van der Waals surface area contributed by atoms with Crippen molar-refractivity contribution in [2.75, 3.05) is 6.54 Å². The lowest BCUT2D eigenvalue weighted by molar-refractivity contribution is 0.596. The first-order chi connectivity index (χ1) is 6.65. The zero-order valence-corrected chi connectivity index (χ0v) is 9.73. The van der Waals surface area contributed by atoms with Gasteiger partial charge < -0.3 is 5.32 Å². The largest absolute Gasteiger partial charge is 0.362 e. The molecule has 2 nitrogen and oxygen atoms in total. The fourth-order valence-corrected chi connectivity index (χ4v) is 3.31. The van der Waals surface area contributed by atoms with E-state index in [1.165, 1.54) is 24.4 Å². The SMILES string of the molecule is CC1(C)CC1NC1=NCC(C2CC2)S1. The molecule has 0 amide bonds. The third-order valence-corrected chi connectivity index (χ3v) is 4.94. The smallest absolute Gasteiger partial charge is 0.157 e. The second-order valence-corrected chi connectivity index (χ2v) is 6.76. The Morgan fingerprint density at radius 2 is 2.14 bits per heavy atom. The van der Waals surface area contributed by atoms with Crippen LogP contribution in [-0.4, -0.2) is 23.0 Å². The van der Waals surface area contributed by atoms with E-state index in [9.17, 15) is 0 Å². The summed E-state index contributed by atoms with van der Waals surface area (Å²) in [4.78, 5) is 4.59. The summed E-state index contributed by atoms with van der Waals surface area (Å²) in [6.45, 7) is 5.71. The molecule has 2 atom stereocenters. The van der Waals surface area contributed by atoms with Crippen LogP contribution in [-0.2, 0) is 0 Å². The summed E-state index contributed by atoms with van der Waals surface area (Å²) >= 11 is 1.99. The van der Waals surface area contributed by atoms with E-state index in [2.05, 4.69) is 24.2 Å². The minimum Gasteiger partial charge on any atom is -0.362 e. The summed E-state index contributed by atoms with van der Waals surface area (Å²) in [7, 11) is 0. The lowest BCUT2D eigenvalue weighted by atomic mass is 10.2. The van der Waals surface area contributed by atoms with Crippen LogP contribution in [0.1, 0.15) is 33.1 Å². The van der Waals surface area contributed by atoms with E-state index in [4.69, 9.17) is 0 Å². The molecule has 0 saturated heterocycles. The second kappa shape index (κ2) is 2.91. The van der Waals surface area contributed by atoms with Crippen molar-refractivity contribution in [2.45, 2.75) is 44.4 Å². The van der Waals surface area contributed by atoms with Crippen molar-refractivity contribution in [3.8, 4) is 0 Å². The Labute approximate surface area is 89.9 Å². The zero-order chi connectivity index (χ0) is 9.76. The molecule has 3 aliphatic rings. The minimum absolute atomic E-state index is 0.515. The maximum absolute atomic E-state index is 4.59. The molecule has 1 heterocycles. The Bertz CT molecular complexity index is 281. The van der Waals surface area contributed by atoms with Crippen LogP contribution in [0.3, 0.4) is 0 Å².